The Kier molecular flexibility index (Phi) is 7.53. The van der Waals surface area contributed by atoms with Gasteiger partial charge in [0.05, 0.1) is 22.6 Å². The van der Waals surface area contributed by atoms with E-state index in [2.05, 4.69) is 182 Å². The van der Waals surface area contributed by atoms with Crippen LogP contribution in [0.5, 0.6) is 0 Å². The van der Waals surface area contributed by atoms with E-state index in [1.165, 1.54) is 27.3 Å². The lowest BCUT2D eigenvalue weighted by Gasteiger charge is -2.16. The highest BCUT2D eigenvalue weighted by molar-refractivity contribution is 6.18. The Morgan fingerprint density at radius 1 is 0.260 bits per heavy atom. The highest BCUT2D eigenvalue weighted by Gasteiger charge is 2.17. The van der Waals surface area contributed by atoms with Crippen LogP contribution in [0.3, 0.4) is 0 Å². The van der Waals surface area contributed by atoms with Crippen molar-refractivity contribution in [1.82, 2.24) is 9.97 Å². The SMILES string of the molecule is c1ccc(-c2cc(-c3cccc(-c4cc5nc(-c6ccccc6)cc(-c6ccccc6)c5c5ccccc45)c3)cc(-c3ccccc3)n2)cc1. The van der Waals surface area contributed by atoms with E-state index in [4.69, 9.17) is 9.97 Å². The fraction of sp³-hybridized carbons (Fsp3) is 0. The van der Waals surface area contributed by atoms with E-state index in [0.29, 0.717) is 0 Å². The standard InChI is InChI=1S/C48H32N2/c1-5-16-33(17-6-1)43-32-46(36-22-11-4-12-23-36)50-47-31-42(40-26-13-14-27-41(40)48(43)47)38-25-15-24-37(28-38)39-29-44(34-18-7-2-8-19-34)49-45(30-39)35-20-9-3-10-21-35/h1-32H. The predicted molar refractivity (Wildman–Crippen MR) is 210 cm³/mol. The van der Waals surface area contributed by atoms with Gasteiger partial charge >= 0.3 is 0 Å². The van der Waals surface area contributed by atoms with Crippen LogP contribution in [0, 0.1) is 0 Å². The van der Waals surface area contributed by atoms with Crippen LogP contribution >= 0.6 is 0 Å². The number of nitrogens with zero attached hydrogens (tertiary/aromatic N) is 2. The second-order valence-electron chi connectivity index (χ2n) is 12.6. The number of pyridine rings is 2. The summed E-state index contributed by atoms with van der Waals surface area (Å²) in [5.74, 6) is 0. The summed E-state index contributed by atoms with van der Waals surface area (Å²) in [6.07, 6.45) is 0. The zero-order valence-electron chi connectivity index (χ0n) is 27.4. The Hall–Kier alpha value is -6.64. The van der Waals surface area contributed by atoms with Gasteiger partial charge < -0.3 is 0 Å². The maximum Gasteiger partial charge on any atom is 0.0728 e. The topological polar surface area (TPSA) is 25.8 Å². The van der Waals surface area contributed by atoms with Crippen LogP contribution in [-0.4, -0.2) is 9.97 Å². The van der Waals surface area contributed by atoms with Crippen molar-refractivity contribution in [1.29, 1.82) is 0 Å². The molecule has 2 heterocycles. The van der Waals surface area contributed by atoms with Crippen LogP contribution in [0.4, 0.5) is 0 Å². The van der Waals surface area contributed by atoms with Crippen LogP contribution in [0.2, 0.25) is 0 Å². The number of benzene rings is 7. The van der Waals surface area contributed by atoms with Crippen molar-refractivity contribution < 1.29 is 0 Å². The van der Waals surface area contributed by atoms with Crippen molar-refractivity contribution in [2.45, 2.75) is 0 Å². The molecule has 2 nitrogen and oxygen atoms in total. The molecule has 9 rings (SSSR count). The van der Waals surface area contributed by atoms with Crippen LogP contribution < -0.4 is 0 Å². The zero-order chi connectivity index (χ0) is 33.3. The first-order chi connectivity index (χ1) is 24.8. The molecule has 0 aliphatic heterocycles. The zero-order valence-corrected chi connectivity index (χ0v) is 27.4. The third kappa shape index (κ3) is 5.53. The molecule has 0 aliphatic carbocycles. The maximum atomic E-state index is 5.33. The molecule has 0 amide bonds. The monoisotopic (exact) mass is 636 g/mol. The van der Waals surface area contributed by atoms with Crippen molar-refractivity contribution in [2.24, 2.45) is 0 Å². The molecule has 0 unspecified atom stereocenters. The van der Waals surface area contributed by atoms with Gasteiger partial charge in [-0.05, 0) is 74.5 Å². The van der Waals surface area contributed by atoms with Crippen molar-refractivity contribution in [3.63, 3.8) is 0 Å². The predicted octanol–water partition coefficient (Wildman–Crippen LogP) is 12.8. The summed E-state index contributed by atoms with van der Waals surface area (Å²) in [7, 11) is 0. The molecule has 234 valence electrons. The van der Waals surface area contributed by atoms with Gasteiger partial charge in [-0.25, -0.2) is 9.97 Å². The molecule has 2 aromatic heterocycles. The Labute approximate surface area is 292 Å². The number of fused-ring (bicyclic) bond motifs is 3. The van der Waals surface area contributed by atoms with Crippen molar-refractivity contribution >= 4 is 21.7 Å². The lowest BCUT2D eigenvalue weighted by Crippen LogP contribution is -1.94. The highest BCUT2D eigenvalue weighted by atomic mass is 14.7. The van der Waals surface area contributed by atoms with Crippen molar-refractivity contribution in [3.05, 3.63) is 194 Å². The van der Waals surface area contributed by atoms with Crippen LogP contribution in [0.15, 0.2) is 194 Å². The number of hydrogen-bond donors (Lipinski definition) is 0. The Bertz CT molecular complexity index is 2560. The van der Waals surface area contributed by atoms with Gasteiger partial charge in [-0.2, -0.15) is 0 Å². The van der Waals surface area contributed by atoms with E-state index in [1.54, 1.807) is 0 Å². The van der Waals surface area contributed by atoms with Gasteiger partial charge in [-0.1, -0.05) is 164 Å². The van der Waals surface area contributed by atoms with Crippen molar-refractivity contribution in [3.8, 4) is 67.2 Å². The summed E-state index contributed by atoms with van der Waals surface area (Å²) in [6.45, 7) is 0. The molecule has 50 heavy (non-hydrogen) atoms. The third-order valence-electron chi connectivity index (χ3n) is 9.44. The van der Waals surface area contributed by atoms with E-state index in [1.807, 2.05) is 12.1 Å². The fourth-order valence-electron chi connectivity index (χ4n) is 7.02. The summed E-state index contributed by atoms with van der Waals surface area (Å²) in [5.41, 5.74) is 14.1. The van der Waals surface area contributed by atoms with Gasteiger partial charge in [0.1, 0.15) is 0 Å². The van der Waals surface area contributed by atoms with Gasteiger partial charge in [-0.3, -0.25) is 0 Å². The lowest BCUT2D eigenvalue weighted by atomic mass is 9.89. The molecule has 0 radical (unpaired) electrons. The molecule has 0 N–H and O–H groups in total. The lowest BCUT2D eigenvalue weighted by molar-refractivity contribution is 1.32. The molecule has 0 spiro atoms. The Morgan fingerprint density at radius 2 is 0.720 bits per heavy atom. The number of rotatable bonds is 6. The van der Waals surface area contributed by atoms with E-state index in [0.717, 1.165) is 61.5 Å². The quantitative estimate of drug-likeness (QED) is 0.170. The second-order valence-corrected chi connectivity index (χ2v) is 12.6. The summed E-state index contributed by atoms with van der Waals surface area (Å²) in [4.78, 5) is 10.4. The van der Waals surface area contributed by atoms with E-state index < -0.39 is 0 Å². The second kappa shape index (κ2) is 12.8. The molecule has 2 heteroatoms. The van der Waals surface area contributed by atoms with E-state index >= 15 is 0 Å². The highest BCUT2D eigenvalue weighted by Crippen LogP contribution is 2.41. The summed E-state index contributed by atoms with van der Waals surface area (Å²) in [6, 6.07) is 68.6. The first-order valence-corrected chi connectivity index (χ1v) is 17.0. The molecular weight excluding hydrogens is 605 g/mol. The third-order valence-corrected chi connectivity index (χ3v) is 9.44. The first-order valence-electron chi connectivity index (χ1n) is 17.0. The maximum absolute atomic E-state index is 5.33. The smallest absolute Gasteiger partial charge is 0.0728 e. The molecule has 9 aromatic rings. The van der Waals surface area contributed by atoms with Gasteiger partial charge in [0.25, 0.3) is 0 Å². The molecule has 0 fully saturated rings. The molecule has 0 aliphatic rings. The fourth-order valence-corrected chi connectivity index (χ4v) is 7.02. The average molecular weight is 637 g/mol. The minimum atomic E-state index is 0.953. The minimum absolute atomic E-state index is 0.953. The van der Waals surface area contributed by atoms with Crippen molar-refractivity contribution in [2.75, 3.05) is 0 Å². The Balaban J connectivity index is 1.26. The molecule has 0 saturated heterocycles. The van der Waals surface area contributed by atoms with Gasteiger partial charge in [0, 0.05) is 22.1 Å². The molecule has 0 bridgehead atoms. The number of hydrogen-bond acceptors (Lipinski definition) is 2. The largest absolute Gasteiger partial charge is 0.248 e. The summed E-state index contributed by atoms with van der Waals surface area (Å²) >= 11 is 0. The van der Waals surface area contributed by atoms with E-state index in [9.17, 15) is 0 Å². The average Bonchev–Trinajstić information content (AvgIpc) is 3.21. The normalized spacial score (nSPS) is 11.2. The van der Waals surface area contributed by atoms with Crippen LogP contribution in [-0.2, 0) is 0 Å². The van der Waals surface area contributed by atoms with Gasteiger partial charge in [0.15, 0.2) is 0 Å². The minimum Gasteiger partial charge on any atom is -0.248 e. The Morgan fingerprint density at radius 3 is 1.30 bits per heavy atom. The van der Waals surface area contributed by atoms with Gasteiger partial charge in [-0.15, -0.1) is 0 Å². The first kappa shape index (κ1) is 29.5. The molecule has 0 atom stereocenters. The van der Waals surface area contributed by atoms with Gasteiger partial charge in [0.2, 0.25) is 0 Å². The number of aromatic nitrogens is 2. The molecule has 7 aromatic carbocycles. The molecule has 0 saturated carbocycles. The van der Waals surface area contributed by atoms with Crippen LogP contribution in [0.25, 0.3) is 88.8 Å². The molecular formula is C48H32N2. The summed E-state index contributed by atoms with van der Waals surface area (Å²) < 4.78 is 0. The summed E-state index contributed by atoms with van der Waals surface area (Å²) in [5, 5.41) is 3.56. The van der Waals surface area contributed by atoms with E-state index in [-0.39, 0.29) is 0 Å². The van der Waals surface area contributed by atoms with Crippen LogP contribution in [0.1, 0.15) is 0 Å².